The number of hydrogen-bond acceptors (Lipinski definition) is 2. The molecule has 1 atom stereocenters. The maximum atomic E-state index is 9.03. The Morgan fingerprint density at radius 2 is 2.25 bits per heavy atom. The zero-order chi connectivity index (χ0) is 7.56. The second-order valence-corrected chi connectivity index (χ2v) is 3.22. The molecule has 0 aliphatic heterocycles. The highest BCUT2D eigenvalue weighted by Gasteiger charge is 2.08. The third-order valence-corrected chi connectivity index (χ3v) is 2.19. The summed E-state index contributed by atoms with van der Waals surface area (Å²) in [6, 6.07) is 0. The lowest BCUT2D eigenvalue weighted by Crippen LogP contribution is -3.00. The lowest BCUT2D eigenvalue weighted by molar-refractivity contribution is -0.704. The van der Waals surface area contributed by atoms with E-state index in [9.17, 15) is 0 Å². The van der Waals surface area contributed by atoms with Gasteiger partial charge in [-0.3, -0.25) is 0 Å². The first-order valence-corrected chi connectivity index (χ1v) is 4.24. The Bertz CT molecular complexity index is 217. The molecule has 0 bridgehead atoms. The van der Waals surface area contributed by atoms with Crippen molar-refractivity contribution in [1.29, 1.82) is 0 Å². The minimum absolute atomic E-state index is 0. The fourth-order valence-electron chi connectivity index (χ4n) is 0.825. The van der Waals surface area contributed by atoms with Crippen molar-refractivity contribution in [2.75, 3.05) is 0 Å². The van der Waals surface area contributed by atoms with Crippen LogP contribution in [0.4, 0.5) is 0 Å². The molecule has 0 saturated carbocycles. The quantitative estimate of drug-likeness (QED) is 0.629. The van der Waals surface area contributed by atoms with Gasteiger partial charge in [-0.2, -0.15) is 4.57 Å². The fourth-order valence-corrected chi connectivity index (χ4v) is 1.62. The number of thiazole rings is 1. The monoisotopic (exact) mass is 273 g/mol. The van der Waals surface area contributed by atoms with Crippen molar-refractivity contribution in [3.8, 4) is 0 Å². The predicted molar refractivity (Wildman–Crippen MR) is 48.2 cm³/mol. The predicted octanol–water partition coefficient (Wildman–Crippen LogP) is -1.85. The number of aromatic nitrogens is 1. The van der Waals surface area contributed by atoms with Gasteiger partial charge in [0.05, 0.1) is 5.38 Å². The Kier molecular flexibility index (Phi) is 8.46. The Morgan fingerprint density at radius 3 is 2.58 bits per heavy atom. The summed E-state index contributed by atoms with van der Waals surface area (Å²) >= 11 is 1.66. The van der Waals surface area contributed by atoms with Gasteiger partial charge in [0.2, 0.25) is 5.51 Å². The largest absolute Gasteiger partial charge is 1.00 e. The van der Waals surface area contributed by atoms with Crippen molar-refractivity contribution >= 4 is 23.7 Å². The van der Waals surface area contributed by atoms with E-state index in [4.69, 9.17) is 5.11 Å². The molecule has 0 fully saturated rings. The number of hydrogen-bond donors (Lipinski definition) is 1. The zero-order valence-corrected chi connectivity index (χ0v) is 10.2. The van der Waals surface area contributed by atoms with E-state index >= 15 is 0 Å². The molecule has 0 saturated heterocycles. The minimum Gasteiger partial charge on any atom is -1.00 e. The molecule has 0 spiro atoms. The number of aliphatic hydroxyl groups excluding tert-OH is 1. The summed E-state index contributed by atoms with van der Waals surface area (Å²) in [4.78, 5) is 0. The highest BCUT2D eigenvalue weighted by atomic mass is 79.9. The molecule has 1 N–H and O–H groups in total. The summed E-state index contributed by atoms with van der Waals surface area (Å²) in [5.74, 6) is 0. The van der Waals surface area contributed by atoms with Crippen LogP contribution in [0.2, 0.25) is 0 Å². The van der Waals surface area contributed by atoms with Crippen molar-refractivity contribution in [3.63, 3.8) is 0 Å². The fraction of sp³-hybridized carbons (Fsp3) is 0.571. The molecule has 12 heavy (non-hydrogen) atoms. The molecule has 2 nitrogen and oxygen atoms in total. The van der Waals surface area contributed by atoms with Crippen LogP contribution in [0.3, 0.4) is 0 Å². The van der Waals surface area contributed by atoms with Gasteiger partial charge in [-0.05, 0) is 6.92 Å². The van der Waals surface area contributed by atoms with E-state index in [-0.39, 0.29) is 35.5 Å². The van der Waals surface area contributed by atoms with Gasteiger partial charge in [0, 0.05) is 6.92 Å². The average molecular weight is 275 g/mol. The summed E-state index contributed by atoms with van der Waals surface area (Å²) in [5, 5.41) is 11.1. The van der Waals surface area contributed by atoms with E-state index < -0.39 is 0 Å². The molecule has 1 rings (SSSR count). The van der Waals surface area contributed by atoms with E-state index in [2.05, 4.69) is 9.95 Å². The maximum Gasteiger partial charge on any atom is 0.225 e. The molecule has 1 heterocycles. The molecular weight excluding hydrogens is 262 g/mol. The third kappa shape index (κ3) is 4.40. The minimum atomic E-state index is -0.252. The molecule has 72 valence electrons. The third-order valence-electron chi connectivity index (χ3n) is 1.34. The number of rotatable bonds is 2. The number of aliphatic hydroxyl groups is 1. The summed E-state index contributed by atoms with van der Waals surface area (Å²) in [6.45, 7) is 4.54. The van der Waals surface area contributed by atoms with Crippen LogP contribution in [0.1, 0.15) is 12.6 Å². The van der Waals surface area contributed by atoms with Gasteiger partial charge >= 0.3 is 0 Å². The Balaban J connectivity index is 0. The van der Waals surface area contributed by atoms with Gasteiger partial charge in [0.15, 0.2) is 12.2 Å². The van der Waals surface area contributed by atoms with E-state index in [1.165, 1.54) is 5.69 Å². The van der Waals surface area contributed by atoms with Crippen molar-refractivity contribution in [2.24, 2.45) is 0 Å². The first kappa shape index (κ1) is 14.9. The first-order chi connectivity index (χ1) is 4.70. The topological polar surface area (TPSA) is 24.1 Å². The standard InChI is InChI=1S/C7H12NOS.BrH.ClH/c1-6-4-10-5-8(6)3-7(2)9;;/h4-5,7,9H,3H2,1-2H3;2*1H/q+1;;/p-1. The Labute approximate surface area is 93.4 Å². The number of nitrogens with zero attached hydrogens (tertiary/aromatic N) is 1. The van der Waals surface area contributed by atoms with Crippen LogP contribution >= 0.6 is 23.7 Å². The molecular formula is C7H13BrClNOS. The normalized spacial score (nSPS) is 11.2. The van der Waals surface area contributed by atoms with Crippen LogP contribution in [-0.4, -0.2) is 11.2 Å². The van der Waals surface area contributed by atoms with E-state index in [0.29, 0.717) is 6.54 Å². The van der Waals surface area contributed by atoms with Crippen LogP contribution in [0.5, 0.6) is 0 Å². The van der Waals surface area contributed by atoms with E-state index in [1.54, 1.807) is 18.3 Å². The molecule has 1 aromatic rings. The second-order valence-electron chi connectivity index (χ2n) is 2.50. The van der Waals surface area contributed by atoms with Crippen LogP contribution in [0.15, 0.2) is 10.9 Å². The smallest absolute Gasteiger partial charge is 0.225 e. The first-order valence-electron chi connectivity index (χ1n) is 3.30. The van der Waals surface area contributed by atoms with E-state index in [0.717, 1.165) is 0 Å². The summed E-state index contributed by atoms with van der Waals surface area (Å²) in [5.41, 5.74) is 3.23. The van der Waals surface area contributed by atoms with Crippen molar-refractivity contribution in [3.05, 3.63) is 16.6 Å². The highest BCUT2D eigenvalue weighted by molar-refractivity contribution is 7.07. The van der Waals surface area contributed by atoms with Gasteiger partial charge in [0.25, 0.3) is 0 Å². The Hall–Kier alpha value is 0.360. The molecule has 0 radical (unpaired) electrons. The van der Waals surface area contributed by atoms with E-state index in [1.807, 2.05) is 12.4 Å². The SMILES string of the molecule is Cc1csc[n+]1CC(C)O.Cl.[Br-]. The number of aryl methyl sites for hydroxylation is 1. The maximum absolute atomic E-state index is 9.03. The van der Waals surface area contributed by atoms with Crippen molar-refractivity contribution in [2.45, 2.75) is 26.5 Å². The molecule has 0 aliphatic carbocycles. The van der Waals surface area contributed by atoms with Gasteiger partial charge in [0.1, 0.15) is 6.10 Å². The van der Waals surface area contributed by atoms with Crippen LogP contribution < -0.4 is 21.5 Å². The number of halogens is 2. The van der Waals surface area contributed by atoms with Gasteiger partial charge < -0.3 is 22.1 Å². The lowest BCUT2D eigenvalue weighted by Gasteiger charge is -1.96. The van der Waals surface area contributed by atoms with Crippen molar-refractivity contribution in [1.82, 2.24) is 0 Å². The summed E-state index contributed by atoms with van der Waals surface area (Å²) in [7, 11) is 0. The van der Waals surface area contributed by atoms with Gasteiger partial charge in [-0.25, -0.2) is 0 Å². The zero-order valence-electron chi connectivity index (χ0n) is 7.03. The Morgan fingerprint density at radius 1 is 1.67 bits per heavy atom. The highest BCUT2D eigenvalue weighted by Crippen LogP contribution is 1.96. The second kappa shape index (κ2) is 6.83. The van der Waals surface area contributed by atoms with Gasteiger partial charge in [-0.15, -0.1) is 12.4 Å². The lowest BCUT2D eigenvalue weighted by atomic mass is 10.4. The molecule has 1 unspecified atom stereocenters. The van der Waals surface area contributed by atoms with Crippen LogP contribution in [-0.2, 0) is 6.54 Å². The van der Waals surface area contributed by atoms with Crippen molar-refractivity contribution < 1.29 is 26.7 Å². The average Bonchev–Trinajstić information content (AvgIpc) is 2.15. The van der Waals surface area contributed by atoms with Crippen LogP contribution in [0.25, 0.3) is 0 Å². The van der Waals surface area contributed by atoms with Crippen LogP contribution in [0, 0.1) is 6.92 Å². The molecule has 5 heteroatoms. The van der Waals surface area contributed by atoms with Gasteiger partial charge in [-0.1, -0.05) is 11.3 Å². The molecule has 1 aromatic heterocycles. The summed E-state index contributed by atoms with van der Waals surface area (Å²) in [6.07, 6.45) is -0.252. The molecule has 0 aromatic carbocycles. The molecule has 0 amide bonds. The molecule has 0 aliphatic rings. The summed E-state index contributed by atoms with van der Waals surface area (Å²) < 4.78 is 2.05.